The van der Waals surface area contributed by atoms with Gasteiger partial charge in [-0.05, 0) is 40.5 Å². The molecule has 0 saturated heterocycles. The summed E-state index contributed by atoms with van der Waals surface area (Å²) in [5, 5.41) is 19.0. The summed E-state index contributed by atoms with van der Waals surface area (Å²) in [5.74, 6) is 1.56. The Kier molecular flexibility index (Phi) is 4.59. The van der Waals surface area contributed by atoms with Gasteiger partial charge >= 0.3 is 0 Å². The van der Waals surface area contributed by atoms with E-state index in [1.54, 1.807) is 0 Å². The standard InChI is InChI=1S/C22H22N8/c1-3-6-20-23-22-15(2)13-29(30(22)26-20)14-16-9-11-17(12-10-16)18-7-4-5-8-19(18)21-24-27-28-25-21/h4-5,7-13H,3,6,14H2,1-2H3,(H,24,25,27,28). The van der Waals surface area contributed by atoms with Crippen molar-refractivity contribution in [3.8, 4) is 22.5 Å². The van der Waals surface area contributed by atoms with Crippen LogP contribution >= 0.6 is 0 Å². The van der Waals surface area contributed by atoms with E-state index >= 15 is 0 Å². The van der Waals surface area contributed by atoms with E-state index in [-0.39, 0.29) is 0 Å². The summed E-state index contributed by atoms with van der Waals surface area (Å²) in [6, 6.07) is 16.7. The highest BCUT2D eigenvalue weighted by molar-refractivity contribution is 5.80. The Balaban J connectivity index is 1.44. The van der Waals surface area contributed by atoms with Crippen molar-refractivity contribution in [1.82, 2.24) is 40.0 Å². The molecule has 150 valence electrons. The Morgan fingerprint density at radius 3 is 2.53 bits per heavy atom. The van der Waals surface area contributed by atoms with Gasteiger partial charge in [-0.2, -0.15) is 4.63 Å². The van der Waals surface area contributed by atoms with Gasteiger partial charge in [0.2, 0.25) is 0 Å². The van der Waals surface area contributed by atoms with E-state index in [4.69, 9.17) is 0 Å². The predicted octanol–water partition coefficient (Wildman–Crippen LogP) is 3.69. The molecule has 2 aromatic carbocycles. The lowest BCUT2D eigenvalue weighted by Gasteiger charge is -2.09. The molecule has 0 saturated carbocycles. The molecule has 8 heteroatoms. The van der Waals surface area contributed by atoms with Crippen LogP contribution in [0.15, 0.2) is 54.7 Å². The van der Waals surface area contributed by atoms with Gasteiger partial charge in [0.05, 0.1) is 6.54 Å². The van der Waals surface area contributed by atoms with Gasteiger partial charge in [0.1, 0.15) is 0 Å². The topological polar surface area (TPSA) is 89.6 Å². The number of H-pyrrole nitrogens is 1. The second-order valence-corrected chi connectivity index (χ2v) is 7.39. The summed E-state index contributed by atoms with van der Waals surface area (Å²) in [6.07, 6.45) is 4.04. The number of benzene rings is 2. The number of fused-ring (bicyclic) bond motifs is 1. The van der Waals surface area contributed by atoms with Crippen LogP contribution in [-0.4, -0.2) is 40.0 Å². The van der Waals surface area contributed by atoms with Gasteiger partial charge in [0.15, 0.2) is 17.3 Å². The maximum absolute atomic E-state index is 4.67. The quantitative estimate of drug-likeness (QED) is 0.471. The van der Waals surface area contributed by atoms with E-state index < -0.39 is 0 Å². The zero-order chi connectivity index (χ0) is 20.5. The first-order valence-corrected chi connectivity index (χ1v) is 10.1. The van der Waals surface area contributed by atoms with Crippen molar-refractivity contribution >= 4 is 5.65 Å². The molecule has 0 aliphatic carbocycles. The minimum atomic E-state index is 0.661. The van der Waals surface area contributed by atoms with Crippen molar-refractivity contribution in [2.24, 2.45) is 0 Å². The summed E-state index contributed by atoms with van der Waals surface area (Å²) in [6.45, 7) is 4.95. The summed E-state index contributed by atoms with van der Waals surface area (Å²) < 4.78 is 4.03. The number of tetrazole rings is 1. The van der Waals surface area contributed by atoms with Gasteiger partial charge in [-0.1, -0.05) is 55.5 Å². The zero-order valence-corrected chi connectivity index (χ0v) is 16.9. The Hall–Kier alpha value is -3.81. The molecule has 0 radical (unpaired) electrons. The molecule has 0 unspecified atom stereocenters. The zero-order valence-electron chi connectivity index (χ0n) is 16.9. The van der Waals surface area contributed by atoms with Crippen LogP contribution in [0.2, 0.25) is 0 Å². The molecular formula is C22H22N8. The Morgan fingerprint density at radius 1 is 1.00 bits per heavy atom. The van der Waals surface area contributed by atoms with Crippen LogP contribution in [0.5, 0.6) is 0 Å². The van der Waals surface area contributed by atoms with E-state index in [1.807, 2.05) is 22.8 Å². The van der Waals surface area contributed by atoms with E-state index in [0.717, 1.165) is 53.1 Å². The fraction of sp³-hybridized carbons (Fsp3) is 0.227. The number of aryl methyl sites for hydroxylation is 2. The lowest BCUT2D eigenvalue weighted by Crippen LogP contribution is -2.07. The van der Waals surface area contributed by atoms with Crippen LogP contribution in [0.25, 0.3) is 28.2 Å². The monoisotopic (exact) mass is 398 g/mol. The summed E-state index contributed by atoms with van der Waals surface area (Å²) in [7, 11) is 0. The second kappa shape index (κ2) is 7.55. The lowest BCUT2D eigenvalue weighted by atomic mass is 9.98. The van der Waals surface area contributed by atoms with Crippen molar-refractivity contribution in [3.63, 3.8) is 0 Å². The van der Waals surface area contributed by atoms with Gasteiger partial charge in [0, 0.05) is 23.7 Å². The van der Waals surface area contributed by atoms with Crippen LogP contribution < -0.4 is 0 Å². The molecular weight excluding hydrogens is 376 g/mol. The maximum atomic E-state index is 4.67. The van der Waals surface area contributed by atoms with Gasteiger partial charge in [-0.15, -0.1) is 10.2 Å². The molecule has 5 aromatic rings. The second-order valence-electron chi connectivity index (χ2n) is 7.39. The minimum absolute atomic E-state index is 0.661. The molecule has 0 aliphatic heterocycles. The average Bonchev–Trinajstić information content (AvgIpc) is 3.49. The van der Waals surface area contributed by atoms with Crippen molar-refractivity contribution in [2.75, 3.05) is 0 Å². The van der Waals surface area contributed by atoms with Crippen LogP contribution in [0.4, 0.5) is 0 Å². The minimum Gasteiger partial charge on any atom is -0.266 e. The van der Waals surface area contributed by atoms with Gasteiger partial charge in [-0.3, -0.25) is 4.68 Å². The van der Waals surface area contributed by atoms with Crippen LogP contribution in [0, 0.1) is 6.92 Å². The first-order valence-electron chi connectivity index (χ1n) is 10.1. The number of aromatic nitrogens is 8. The molecule has 0 atom stereocenters. The predicted molar refractivity (Wildman–Crippen MR) is 114 cm³/mol. The third-order valence-corrected chi connectivity index (χ3v) is 5.18. The number of aromatic amines is 1. The maximum Gasteiger partial charge on any atom is 0.180 e. The van der Waals surface area contributed by atoms with E-state index in [2.05, 4.69) is 85.8 Å². The molecule has 0 fully saturated rings. The number of nitrogens with zero attached hydrogens (tertiary/aromatic N) is 7. The van der Waals surface area contributed by atoms with E-state index in [0.29, 0.717) is 5.82 Å². The molecule has 8 nitrogen and oxygen atoms in total. The van der Waals surface area contributed by atoms with Gasteiger partial charge in [0.25, 0.3) is 0 Å². The summed E-state index contributed by atoms with van der Waals surface area (Å²) in [5.41, 5.74) is 6.44. The smallest absolute Gasteiger partial charge is 0.180 e. The van der Waals surface area contributed by atoms with Crippen LogP contribution in [-0.2, 0) is 13.0 Å². The summed E-state index contributed by atoms with van der Waals surface area (Å²) >= 11 is 0. The molecule has 0 aliphatic rings. The van der Waals surface area contributed by atoms with Crippen LogP contribution in [0.3, 0.4) is 0 Å². The highest BCUT2D eigenvalue weighted by atomic mass is 15.5. The third-order valence-electron chi connectivity index (χ3n) is 5.18. The Bertz CT molecular complexity index is 1280. The fourth-order valence-electron chi connectivity index (χ4n) is 3.74. The largest absolute Gasteiger partial charge is 0.266 e. The van der Waals surface area contributed by atoms with E-state index in [9.17, 15) is 0 Å². The van der Waals surface area contributed by atoms with E-state index in [1.165, 1.54) is 5.56 Å². The Morgan fingerprint density at radius 2 is 1.80 bits per heavy atom. The van der Waals surface area contributed by atoms with Crippen LogP contribution in [0.1, 0.15) is 30.3 Å². The highest BCUT2D eigenvalue weighted by Gasteiger charge is 2.12. The highest BCUT2D eigenvalue weighted by Crippen LogP contribution is 2.29. The van der Waals surface area contributed by atoms with Crippen molar-refractivity contribution < 1.29 is 0 Å². The number of rotatable bonds is 6. The molecule has 3 heterocycles. The normalized spacial score (nSPS) is 11.4. The summed E-state index contributed by atoms with van der Waals surface area (Å²) in [4.78, 5) is 4.66. The number of nitrogens with one attached hydrogen (secondary N) is 1. The fourth-order valence-corrected chi connectivity index (χ4v) is 3.74. The van der Waals surface area contributed by atoms with Crippen molar-refractivity contribution in [1.29, 1.82) is 0 Å². The number of hydrogen-bond donors (Lipinski definition) is 1. The molecule has 0 bridgehead atoms. The first-order chi connectivity index (χ1) is 14.7. The molecule has 1 N–H and O–H groups in total. The molecule has 5 rings (SSSR count). The third kappa shape index (κ3) is 3.26. The van der Waals surface area contributed by atoms with Crippen molar-refractivity contribution in [3.05, 3.63) is 71.7 Å². The van der Waals surface area contributed by atoms with Gasteiger partial charge in [-0.25, -0.2) is 10.1 Å². The first kappa shape index (κ1) is 18.2. The van der Waals surface area contributed by atoms with Gasteiger partial charge < -0.3 is 0 Å². The molecule has 0 spiro atoms. The molecule has 30 heavy (non-hydrogen) atoms. The lowest BCUT2D eigenvalue weighted by molar-refractivity contribution is 0.578. The Labute approximate surface area is 173 Å². The van der Waals surface area contributed by atoms with Crippen molar-refractivity contribution in [2.45, 2.75) is 33.2 Å². The number of hydrogen-bond acceptors (Lipinski definition) is 5. The SMILES string of the molecule is CCCc1nc2c(C)cn(Cc3ccc(-c4ccccc4-c4nnn[nH]4)cc3)n2n1. The average molecular weight is 398 g/mol. The molecule has 3 aromatic heterocycles. The molecule has 0 amide bonds.